The van der Waals surface area contributed by atoms with E-state index in [9.17, 15) is 4.79 Å². The molecule has 0 saturated carbocycles. The summed E-state index contributed by atoms with van der Waals surface area (Å²) < 4.78 is 3.61. The first-order chi connectivity index (χ1) is 9.63. The molecule has 20 heavy (non-hydrogen) atoms. The smallest absolute Gasteiger partial charge is 0.250 e. The van der Waals surface area contributed by atoms with Crippen molar-refractivity contribution in [2.24, 2.45) is 14.1 Å². The molecular formula is C15H20N4O. The van der Waals surface area contributed by atoms with E-state index in [2.05, 4.69) is 10.4 Å². The molecule has 1 aliphatic rings. The van der Waals surface area contributed by atoms with E-state index in [1.165, 1.54) is 16.8 Å². The summed E-state index contributed by atoms with van der Waals surface area (Å²) in [6.07, 6.45) is 6.96. The second kappa shape index (κ2) is 5.25. The van der Waals surface area contributed by atoms with Crippen LogP contribution in [0, 0.1) is 0 Å². The average molecular weight is 272 g/mol. The lowest BCUT2D eigenvalue weighted by Gasteiger charge is -2.26. The molecule has 5 heteroatoms. The Balaban J connectivity index is 1.67. The van der Waals surface area contributed by atoms with Crippen molar-refractivity contribution in [3.05, 3.63) is 51.7 Å². The molecule has 1 atom stereocenters. The van der Waals surface area contributed by atoms with Gasteiger partial charge < -0.3 is 9.88 Å². The van der Waals surface area contributed by atoms with E-state index < -0.39 is 0 Å². The third-order valence-corrected chi connectivity index (χ3v) is 4.08. The first-order valence-corrected chi connectivity index (χ1v) is 7.02. The van der Waals surface area contributed by atoms with Gasteiger partial charge in [-0.3, -0.25) is 9.48 Å². The maximum Gasteiger partial charge on any atom is 0.250 e. The molecule has 0 bridgehead atoms. The largest absolute Gasteiger partial charge is 0.315 e. The Kier molecular flexibility index (Phi) is 3.44. The molecule has 2 heterocycles. The second-order valence-corrected chi connectivity index (χ2v) is 5.55. The zero-order chi connectivity index (χ0) is 14.1. The highest BCUT2D eigenvalue weighted by molar-refractivity contribution is 5.25. The lowest BCUT2D eigenvalue weighted by atomic mass is 9.91. The molecule has 1 unspecified atom stereocenters. The molecule has 0 fully saturated rings. The van der Waals surface area contributed by atoms with Crippen LogP contribution in [0.2, 0.25) is 0 Å². The summed E-state index contributed by atoms with van der Waals surface area (Å²) in [6.45, 7) is 0.847. The minimum atomic E-state index is 0.0884. The van der Waals surface area contributed by atoms with Gasteiger partial charge in [0.2, 0.25) is 5.56 Å². The van der Waals surface area contributed by atoms with Crippen LogP contribution in [0.15, 0.2) is 29.3 Å². The first kappa shape index (κ1) is 13.1. The Hall–Kier alpha value is -1.88. The monoisotopic (exact) mass is 272 g/mol. The van der Waals surface area contributed by atoms with E-state index in [0.717, 1.165) is 25.8 Å². The molecule has 0 aliphatic heterocycles. The number of rotatable bonds is 3. The van der Waals surface area contributed by atoms with Crippen molar-refractivity contribution >= 4 is 0 Å². The molecule has 2 aromatic rings. The third-order valence-electron chi connectivity index (χ3n) is 4.08. The fourth-order valence-corrected chi connectivity index (χ4v) is 2.92. The van der Waals surface area contributed by atoms with Gasteiger partial charge in [0, 0.05) is 50.2 Å². The normalized spacial score (nSPS) is 18.0. The van der Waals surface area contributed by atoms with E-state index in [4.69, 9.17) is 0 Å². The van der Waals surface area contributed by atoms with E-state index in [1.54, 1.807) is 10.6 Å². The van der Waals surface area contributed by atoms with Crippen LogP contribution in [0.3, 0.4) is 0 Å². The fourth-order valence-electron chi connectivity index (χ4n) is 2.92. The number of pyridine rings is 1. The lowest BCUT2D eigenvalue weighted by molar-refractivity contribution is 0.445. The summed E-state index contributed by atoms with van der Waals surface area (Å²) in [5.41, 5.74) is 3.78. The van der Waals surface area contributed by atoms with Crippen molar-refractivity contribution in [1.29, 1.82) is 0 Å². The molecule has 0 amide bonds. The minimum Gasteiger partial charge on any atom is -0.315 e. The lowest BCUT2D eigenvalue weighted by Crippen LogP contribution is -2.36. The molecule has 106 valence electrons. The van der Waals surface area contributed by atoms with Gasteiger partial charge in [0.25, 0.3) is 0 Å². The highest BCUT2D eigenvalue weighted by Gasteiger charge is 2.20. The SMILES string of the molecule is Cn1cc(CNC2CCc3c(ccc(=O)n3C)C2)cn1. The molecule has 0 spiro atoms. The Labute approximate surface area is 118 Å². The topological polar surface area (TPSA) is 51.9 Å². The van der Waals surface area contributed by atoms with Gasteiger partial charge in [-0.05, 0) is 24.8 Å². The van der Waals surface area contributed by atoms with Gasteiger partial charge >= 0.3 is 0 Å². The molecule has 1 aliphatic carbocycles. The Morgan fingerprint density at radius 2 is 2.25 bits per heavy atom. The van der Waals surface area contributed by atoms with Crippen molar-refractivity contribution < 1.29 is 0 Å². The minimum absolute atomic E-state index is 0.0884. The van der Waals surface area contributed by atoms with Gasteiger partial charge in [0.05, 0.1) is 6.20 Å². The van der Waals surface area contributed by atoms with E-state index in [0.29, 0.717) is 6.04 Å². The van der Waals surface area contributed by atoms with Gasteiger partial charge in [-0.25, -0.2) is 0 Å². The number of aromatic nitrogens is 3. The van der Waals surface area contributed by atoms with Crippen molar-refractivity contribution in [1.82, 2.24) is 19.7 Å². The number of fused-ring (bicyclic) bond motifs is 1. The summed E-state index contributed by atoms with van der Waals surface area (Å²) in [4.78, 5) is 11.6. The van der Waals surface area contributed by atoms with Gasteiger partial charge in [0.15, 0.2) is 0 Å². The number of hydrogen-bond acceptors (Lipinski definition) is 3. The van der Waals surface area contributed by atoms with Crippen molar-refractivity contribution in [3.8, 4) is 0 Å². The second-order valence-electron chi connectivity index (χ2n) is 5.55. The van der Waals surface area contributed by atoms with Crippen molar-refractivity contribution in [2.45, 2.75) is 31.8 Å². The van der Waals surface area contributed by atoms with Crippen LogP contribution in [0.5, 0.6) is 0 Å². The van der Waals surface area contributed by atoms with Crippen LogP contribution in [-0.2, 0) is 33.5 Å². The van der Waals surface area contributed by atoms with Crippen LogP contribution < -0.4 is 10.9 Å². The van der Waals surface area contributed by atoms with E-state index >= 15 is 0 Å². The van der Waals surface area contributed by atoms with Gasteiger partial charge in [-0.2, -0.15) is 5.10 Å². The Morgan fingerprint density at radius 3 is 3.00 bits per heavy atom. The standard InChI is InChI=1S/C15H20N4O/c1-18-10-11(9-17-18)8-16-13-4-5-14-12(7-13)3-6-15(20)19(14)2/h3,6,9-10,13,16H,4-5,7-8H2,1-2H3. The highest BCUT2D eigenvalue weighted by atomic mass is 16.1. The number of aryl methyl sites for hydroxylation is 1. The van der Waals surface area contributed by atoms with Gasteiger partial charge in [-0.15, -0.1) is 0 Å². The Bertz CT molecular complexity index is 671. The van der Waals surface area contributed by atoms with E-state index in [-0.39, 0.29) is 5.56 Å². The average Bonchev–Trinajstić information content (AvgIpc) is 2.86. The quantitative estimate of drug-likeness (QED) is 0.898. The predicted molar refractivity (Wildman–Crippen MR) is 77.5 cm³/mol. The summed E-state index contributed by atoms with van der Waals surface area (Å²) in [6, 6.07) is 4.12. The maximum atomic E-state index is 11.6. The summed E-state index contributed by atoms with van der Waals surface area (Å²) in [7, 11) is 3.80. The van der Waals surface area contributed by atoms with Crippen LogP contribution in [0.4, 0.5) is 0 Å². The van der Waals surface area contributed by atoms with Crippen molar-refractivity contribution in [2.75, 3.05) is 0 Å². The van der Waals surface area contributed by atoms with Crippen LogP contribution >= 0.6 is 0 Å². The fraction of sp³-hybridized carbons (Fsp3) is 0.467. The molecule has 0 aromatic carbocycles. The summed E-state index contributed by atoms with van der Waals surface area (Å²) in [5.74, 6) is 0. The molecular weight excluding hydrogens is 252 g/mol. The van der Waals surface area contributed by atoms with Crippen LogP contribution in [0.25, 0.3) is 0 Å². The van der Waals surface area contributed by atoms with E-state index in [1.807, 2.05) is 37.2 Å². The molecule has 5 nitrogen and oxygen atoms in total. The summed E-state index contributed by atoms with van der Waals surface area (Å²) in [5, 5.41) is 7.76. The third kappa shape index (κ3) is 2.54. The number of hydrogen-bond donors (Lipinski definition) is 1. The highest BCUT2D eigenvalue weighted by Crippen LogP contribution is 2.19. The Morgan fingerprint density at radius 1 is 1.40 bits per heavy atom. The molecule has 1 N–H and O–H groups in total. The zero-order valence-electron chi connectivity index (χ0n) is 12.0. The molecule has 0 radical (unpaired) electrons. The van der Waals surface area contributed by atoms with Crippen LogP contribution in [0.1, 0.15) is 23.2 Å². The van der Waals surface area contributed by atoms with Crippen molar-refractivity contribution in [3.63, 3.8) is 0 Å². The predicted octanol–water partition coefficient (Wildman–Crippen LogP) is 0.766. The number of nitrogens with one attached hydrogen (secondary N) is 1. The number of nitrogens with zero attached hydrogens (tertiary/aromatic N) is 3. The van der Waals surface area contributed by atoms with Crippen LogP contribution in [-0.4, -0.2) is 20.4 Å². The molecule has 3 rings (SSSR count). The molecule has 0 saturated heterocycles. The zero-order valence-corrected chi connectivity index (χ0v) is 12.0. The first-order valence-electron chi connectivity index (χ1n) is 7.02. The molecule has 2 aromatic heterocycles. The van der Waals surface area contributed by atoms with Gasteiger partial charge in [0.1, 0.15) is 0 Å². The maximum absolute atomic E-state index is 11.6. The summed E-state index contributed by atoms with van der Waals surface area (Å²) >= 11 is 0. The van der Waals surface area contributed by atoms with Gasteiger partial charge in [-0.1, -0.05) is 6.07 Å².